The second-order valence-electron chi connectivity index (χ2n) is 9.36. The van der Waals surface area contributed by atoms with E-state index in [0.29, 0.717) is 12.3 Å². The molecule has 3 aromatic carbocycles. The van der Waals surface area contributed by atoms with Gasteiger partial charge in [-0.15, -0.1) is 11.3 Å². The summed E-state index contributed by atoms with van der Waals surface area (Å²) in [5, 5.41) is 7.02. The van der Waals surface area contributed by atoms with Crippen LogP contribution in [0.1, 0.15) is 29.5 Å². The molecule has 0 spiro atoms. The lowest BCUT2D eigenvalue weighted by Crippen LogP contribution is -2.32. The average Bonchev–Trinajstić information content (AvgIpc) is 3.48. The standard InChI is InChI=1S/C30H30N2O4S2/c33-29(14-10-23-9-11-24-6-1-2-7-26(24)20-23)31-16-3-4-17-32-18-15-25-12-13-28(21-27(25)22-32)36-38(34,35)30-8-5-19-37-30/h1-2,5-14,19-21H,3-4,15-18,22H2,(H,31,33)/b14-10+. The number of carbonyl (C=O) groups excluding carboxylic acids is 1. The summed E-state index contributed by atoms with van der Waals surface area (Å²) in [6, 6.07) is 23.1. The normalized spacial score (nSPS) is 14.0. The van der Waals surface area contributed by atoms with E-state index in [1.54, 1.807) is 29.7 Å². The fourth-order valence-corrected chi connectivity index (χ4v) is 6.50. The molecule has 0 saturated carbocycles. The lowest BCUT2D eigenvalue weighted by atomic mass is 9.99. The van der Waals surface area contributed by atoms with Gasteiger partial charge in [-0.1, -0.05) is 48.5 Å². The first kappa shape index (κ1) is 26.2. The SMILES string of the molecule is O=C(/C=C/c1ccc2ccccc2c1)NCCCCN1CCc2ccc(OS(=O)(=O)c3cccs3)cc2C1. The maximum Gasteiger partial charge on any atom is 0.348 e. The molecule has 0 bridgehead atoms. The summed E-state index contributed by atoms with van der Waals surface area (Å²) in [5.41, 5.74) is 3.33. The van der Waals surface area contributed by atoms with E-state index in [1.165, 1.54) is 10.9 Å². The van der Waals surface area contributed by atoms with Crippen LogP contribution in [0.3, 0.4) is 0 Å². The summed E-state index contributed by atoms with van der Waals surface area (Å²) in [7, 11) is -3.80. The quantitative estimate of drug-likeness (QED) is 0.158. The lowest BCUT2D eigenvalue weighted by Gasteiger charge is -2.29. The van der Waals surface area contributed by atoms with Crippen LogP contribution < -0.4 is 9.50 Å². The third-order valence-corrected chi connectivity index (χ3v) is 9.22. The van der Waals surface area contributed by atoms with E-state index in [1.807, 2.05) is 36.4 Å². The van der Waals surface area contributed by atoms with Crippen molar-refractivity contribution < 1.29 is 17.4 Å². The van der Waals surface area contributed by atoms with Crippen LogP contribution in [0, 0.1) is 0 Å². The van der Waals surface area contributed by atoms with Crippen LogP contribution in [0.5, 0.6) is 5.75 Å². The Balaban J connectivity index is 1.05. The van der Waals surface area contributed by atoms with Gasteiger partial charge in [-0.25, -0.2) is 0 Å². The van der Waals surface area contributed by atoms with Gasteiger partial charge in [-0.2, -0.15) is 8.42 Å². The number of thiophene rings is 1. The fraction of sp³-hybridized carbons (Fsp3) is 0.233. The maximum absolute atomic E-state index is 12.5. The van der Waals surface area contributed by atoms with Gasteiger partial charge >= 0.3 is 10.1 Å². The second-order valence-corrected chi connectivity index (χ2v) is 12.1. The van der Waals surface area contributed by atoms with Crippen molar-refractivity contribution in [1.82, 2.24) is 10.2 Å². The zero-order valence-electron chi connectivity index (χ0n) is 21.0. The predicted octanol–water partition coefficient (Wildman–Crippen LogP) is 5.64. The van der Waals surface area contributed by atoms with E-state index in [-0.39, 0.29) is 10.1 Å². The van der Waals surface area contributed by atoms with Crippen molar-refractivity contribution in [3.05, 3.63) is 101 Å². The molecule has 1 aliphatic heterocycles. The molecule has 0 fully saturated rings. The van der Waals surface area contributed by atoms with Crippen LogP contribution in [0.2, 0.25) is 0 Å². The number of nitrogens with one attached hydrogen (secondary N) is 1. The van der Waals surface area contributed by atoms with E-state index in [9.17, 15) is 13.2 Å². The van der Waals surface area contributed by atoms with Crippen molar-refractivity contribution in [3.8, 4) is 5.75 Å². The zero-order valence-corrected chi connectivity index (χ0v) is 22.6. The second kappa shape index (κ2) is 11.9. The van der Waals surface area contributed by atoms with Gasteiger partial charge in [0.15, 0.2) is 4.21 Å². The number of fused-ring (bicyclic) bond motifs is 2. The van der Waals surface area contributed by atoms with Crippen LogP contribution >= 0.6 is 11.3 Å². The fourth-order valence-electron chi connectivity index (χ4n) is 4.62. The first-order valence-corrected chi connectivity index (χ1v) is 15.0. The number of benzene rings is 3. The molecule has 4 aromatic rings. The number of rotatable bonds is 10. The van der Waals surface area contributed by atoms with Crippen LogP contribution in [0.4, 0.5) is 0 Å². The van der Waals surface area contributed by atoms with Crippen LogP contribution in [0.25, 0.3) is 16.8 Å². The van der Waals surface area contributed by atoms with E-state index < -0.39 is 10.1 Å². The highest BCUT2D eigenvalue weighted by Gasteiger charge is 2.20. The van der Waals surface area contributed by atoms with Gasteiger partial charge < -0.3 is 9.50 Å². The molecule has 1 N–H and O–H groups in total. The van der Waals surface area contributed by atoms with Crippen molar-refractivity contribution in [3.63, 3.8) is 0 Å². The zero-order chi connectivity index (χ0) is 26.4. The van der Waals surface area contributed by atoms with Gasteiger partial charge in [0.05, 0.1) is 0 Å². The van der Waals surface area contributed by atoms with Crippen LogP contribution in [-0.4, -0.2) is 38.9 Å². The summed E-state index contributed by atoms with van der Waals surface area (Å²) < 4.78 is 30.5. The maximum atomic E-state index is 12.5. The Hall–Kier alpha value is -3.46. The number of hydrogen-bond acceptors (Lipinski definition) is 6. The van der Waals surface area contributed by atoms with Crippen molar-refractivity contribution >= 4 is 44.2 Å². The largest absolute Gasteiger partial charge is 0.378 e. The first-order valence-electron chi connectivity index (χ1n) is 12.7. The van der Waals surface area contributed by atoms with Crippen molar-refractivity contribution in [1.29, 1.82) is 0 Å². The van der Waals surface area contributed by atoms with Crippen LogP contribution in [0.15, 0.2) is 88.5 Å². The minimum atomic E-state index is -3.80. The number of unbranched alkanes of at least 4 members (excludes halogenated alkanes) is 1. The number of nitrogens with zero attached hydrogens (tertiary/aromatic N) is 1. The molecule has 0 atom stereocenters. The predicted molar refractivity (Wildman–Crippen MR) is 153 cm³/mol. The summed E-state index contributed by atoms with van der Waals surface area (Å²) >= 11 is 1.14. The van der Waals surface area contributed by atoms with Crippen molar-refractivity contribution in [2.24, 2.45) is 0 Å². The molecule has 5 rings (SSSR count). The van der Waals surface area contributed by atoms with Crippen molar-refractivity contribution in [2.75, 3.05) is 19.6 Å². The van der Waals surface area contributed by atoms with Gasteiger partial charge in [0.2, 0.25) is 5.91 Å². The molecule has 0 aliphatic carbocycles. The molecule has 1 aromatic heterocycles. The molecule has 6 nitrogen and oxygen atoms in total. The molecule has 196 valence electrons. The average molecular weight is 547 g/mol. The Morgan fingerprint density at radius 3 is 2.68 bits per heavy atom. The first-order chi connectivity index (χ1) is 18.5. The molecule has 2 heterocycles. The monoisotopic (exact) mass is 546 g/mol. The van der Waals surface area contributed by atoms with E-state index >= 15 is 0 Å². The van der Waals surface area contributed by atoms with Gasteiger partial charge in [0, 0.05) is 25.7 Å². The van der Waals surface area contributed by atoms with Gasteiger partial charge in [-0.05, 0) is 89.0 Å². The number of carbonyl (C=O) groups is 1. The molecular weight excluding hydrogens is 516 g/mol. The Kier molecular flexibility index (Phi) is 8.22. The van der Waals surface area contributed by atoms with Gasteiger partial charge in [-0.3, -0.25) is 9.69 Å². The molecule has 1 amide bonds. The highest BCUT2D eigenvalue weighted by atomic mass is 32.3. The van der Waals surface area contributed by atoms with E-state index in [2.05, 4.69) is 34.5 Å². The highest BCUT2D eigenvalue weighted by Crippen LogP contribution is 2.27. The topological polar surface area (TPSA) is 75.7 Å². The molecule has 8 heteroatoms. The van der Waals surface area contributed by atoms with Gasteiger partial charge in [0.25, 0.3) is 0 Å². The summed E-state index contributed by atoms with van der Waals surface area (Å²) in [5.74, 6) is 0.258. The van der Waals surface area contributed by atoms with E-state index in [4.69, 9.17) is 4.18 Å². The minimum absolute atomic E-state index is 0.0879. The molecule has 1 aliphatic rings. The smallest absolute Gasteiger partial charge is 0.348 e. The summed E-state index contributed by atoms with van der Waals surface area (Å²) in [4.78, 5) is 14.6. The number of hydrogen-bond donors (Lipinski definition) is 1. The summed E-state index contributed by atoms with van der Waals surface area (Å²) in [6.07, 6.45) is 6.21. The minimum Gasteiger partial charge on any atom is -0.378 e. The van der Waals surface area contributed by atoms with Crippen LogP contribution in [-0.2, 0) is 27.9 Å². The molecule has 0 radical (unpaired) electrons. The Morgan fingerprint density at radius 2 is 1.84 bits per heavy atom. The van der Waals surface area contributed by atoms with Crippen molar-refractivity contribution in [2.45, 2.75) is 30.0 Å². The third-order valence-electron chi connectivity index (χ3n) is 6.62. The van der Waals surface area contributed by atoms with Gasteiger partial charge in [0.1, 0.15) is 5.75 Å². The third kappa shape index (κ3) is 6.69. The number of amides is 1. The Labute approximate surface area is 227 Å². The Morgan fingerprint density at radius 1 is 0.974 bits per heavy atom. The molecule has 38 heavy (non-hydrogen) atoms. The molecular formula is C30H30N2O4S2. The molecule has 0 saturated heterocycles. The Bertz CT molecular complexity index is 1550. The molecule has 0 unspecified atom stereocenters. The summed E-state index contributed by atoms with van der Waals surface area (Å²) in [6.45, 7) is 3.26. The lowest BCUT2D eigenvalue weighted by molar-refractivity contribution is -0.116. The van der Waals surface area contributed by atoms with E-state index in [0.717, 1.165) is 66.7 Å². The highest BCUT2D eigenvalue weighted by molar-refractivity contribution is 7.89.